The zero-order chi connectivity index (χ0) is 19.7. The number of nitrogen functional groups attached to an aromatic ring is 1. The Labute approximate surface area is 163 Å². The van der Waals surface area contributed by atoms with Crippen molar-refractivity contribution < 1.29 is 9.59 Å². The molecule has 0 aliphatic heterocycles. The van der Waals surface area contributed by atoms with E-state index in [9.17, 15) is 9.59 Å². The molecule has 0 aromatic carbocycles. The Morgan fingerprint density at radius 1 is 1.04 bits per heavy atom. The molecule has 12 heteroatoms. The topological polar surface area (TPSA) is 184 Å². The SMILES string of the molecule is NC(N)=O.Nc1ncc(Br)cc1C=O.O=c1ncc2cc(Br)cnc2[nH]1. The van der Waals surface area contributed by atoms with E-state index in [4.69, 9.17) is 10.5 Å². The van der Waals surface area contributed by atoms with Crippen molar-refractivity contribution in [3.63, 3.8) is 0 Å². The molecule has 0 fully saturated rings. The van der Waals surface area contributed by atoms with Gasteiger partial charge in [0, 0.05) is 32.9 Å². The molecule has 0 bridgehead atoms. The van der Waals surface area contributed by atoms with Crippen LogP contribution >= 0.6 is 31.9 Å². The maximum absolute atomic E-state index is 10.7. The molecule has 0 radical (unpaired) electrons. The minimum absolute atomic E-state index is 0.262. The smallest absolute Gasteiger partial charge is 0.346 e. The Morgan fingerprint density at radius 3 is 2.19 bits per heavy atom. The summed E-state index contributed by atoms with van der Waals surface area (Å²) < 4.78 is 1.62. The minimum Gasteiger partial charge on any atom is -0.383 e. The summed E-state index contributed by atoms with van der Waals surface area (Å²) in [6.07, 6.45) is 5.33. The van der Waals surface area contributed by atoms with Crippen LogP contribution in [0.2, 0.25) is 0 Å². The number of fused-ring (bicyclic) bond motifs is 1. The number of aromatic nitrogens is 4. The molecule has 3 aromatic heterocycles. The van der Waals surface area contributed by atoms with Gasteiger partial charge in [-0.15, -0.1) is 0 Å². The average molecular weight is 487 g/mol. The van der Waals surface area contributed by atoms with E-state index in [1.165, 1.54) is 6.20 Å². The molecule has 0 atom stereocenters. The zero-order valence-electron chi connectivity index (χ0n) is 13.0. The summed E-state index contributed by atoms with van der Waals surface area (Å²) in [5.41, 5.74) is 14.4. The van der Waals surface area contributed by atoms with Gasteiger partial charge in [-0.1, -0.05) is 0 Å². The summed E-state index contributed by atoms with van der Waals surface area (Å²) in [4.78, 5) is 43.8. The zero-order valence-corrected chi connectivity index (χ0v) is 16.2. The minimum atomic E-state index is -0.833. The van der Waals surface area contributed by atoms with Crippen LogP contribution in [0, 0.1) is 0 Å². The van der Waals surface area contributed by atoms with Gasteiger partial charge in [-0.2, -0.15) is 0 Å². The number of aldehydes is 1. The third kappa shape index (κ3) is 7.36. The Morgan fingerprint density at radius 2 is 1.62 bits per heavy atom. The van der Waals surface area contributed by atoms with Gasteiger partial charge in [0.25, 0.3) is 0 Å². The summed E-state index contributed by atoms with van der Waals surface area (Å²) in [5, 5.41) is 0.809. The molecule has 0 spiro atoms. The highest BCUT2D eigenvalue weighted by atomic mass is 79.9. The average Bonchev–Trinajstić information content (AvgIpc) is 2.57. The molecule has 10 nitrogen and oxygen atoms in total. The lowest BCUT2D eigenvalue weighted by Crippen LogP contribution is -2.18. The number of carbonyl (C=O) groups excluding carboxylic acids is 2. The second kappa shape index (κ2) is 10.2. The van der Waals surface area contributed by atoms with Crippen molar-refractivity contribution in [3.8, 4) is 0 Å². The Hall–Kier alpha value is -2.86. The largest absolute Gasteiger partial charge is 0.383 e. The van der Waals surface area contributed by atoms with Crippen molar-refractivity contribution in [2.75, 3.05) is 5.73 Å². The van der Waals surface area contributed by atoms with Crippen LogP contribution in [0.5, 0.6) is 0 Å². The molecule has 0 aliphatic rings. The lowest BCUT2D eigenvalue weighted by Gasteiger charge is -1.95. The monoisotopic (exact) mass is 485 g/mol. The Kier molecular flexibility index (Phi) is 8.31. The van der Waals surface area contributed by atoms with Crippen molar-refractivity contribution in [3.05, 3.63) is 55.7 Å². The van der Waals surface area contributed by atoms with Crippen molar-refractivity contribution >= 4 is 61.0 Å². The predicted molar refractivity (Wildman–Crippen MR) is 103 cm³/mol. The lowest BCUT2D eigenvalue weighted by atomic mass is 10.3. The van der Waals surface area contributed by atoms with E-state index in [-0.39, 0.29) is 11.5 Å². The van der Waals surface area contributed by atoms with Gasteiger partial charge in [0.05, 0.1) is 5.56 Å². The van der Waals surface area contributed by atoms with Crippen molar-refractivity contribution in [2.24, 2.45) is 11.5 Å². The number of nitrogens with one attached hydrogen (secondary N) is 1. The normalized spacial score (nSPS) is 9.31. The van der Waals surface area contributed by atoms with E-state index in [0.717, 1.165) is 14.3 Å². The number of halogens is 2. The molecule has 7 N–H and O–H groups in total. The van der Waals surface area contributed by atoms with Crippen molar-refractivity contribution in [2.45, 2.75) is 0 Å². The highest BCUT2D eigenvalue weighted by Gasteiger charge is 1.98. The van der Waals surface area contributed by atoms with Crippen LogP contribution in [-0.2, 0) is 0 Å². The first-order valence-electron chi connectivity index (χ1n) is 6.64. The number of hydrogen-bond acceptors (Lipinski definition) is 7. The van der Waals surface area contributed by atoms with Crippen LogP contribution in [0.1, 0.15) is 10.4 Å². The highest BCUT2D eigenvalue weighted by Crippen LogP contribution is 2.13. The maximum Gasteiger partial charge on any atom is 0.346 e. The number of nitrogens with zero attached hydrogens (tertiary/aromatic N) is 3. The van der Waals surface area contributed by atoms with Gasteiger partial charge >= 0.3 is 11.7 Å². The van der Waals surface area contributed by atoms with Gasteiger partial charge in [0.15, 0.2) is 6.29 Å². The Bertz CT molecular complexity index is 974. The predicted octanol–water partition coefficient (Wildman–Crippen LogP) is 1.34. The molecule has 3 rings (SSSR count). The van der Waals surface area contributed by atoms with E-state index < -0.39 is 6.03 Å². The van der Waals surface area contributed by atoms with Crippen LogP contribution in [0.4, 0.5) is 10.6 Å². The summed E-state index contributed by atoms with van der Waals surface area (Å²) >= 11 is 6.43. The maximum atomic E-state index is 10.7. The van der Waals surface area contributed by atoms with Crippen LogP contribution in [0.25, 0.3) is 11.0 Å². The number of nitrogens with two attached hydrogens (primary N) is 3. The fourth-order valence-corrected chi connectivity index (χ4v) is 2.18. The molecule has 3 heterocycles. The van der Waals surface area contributed by atoms with E-state index in [1.54, 1.807) is 18.5 Å². The molecule has 0 saturated carbocycles. The molecule has 136 valence electrons. The second-order valence-electron chi connectivity index (χ2n) is 4.43. The molecule has 0 aliphatic carbocycles. The molecule has 0 saturated heterocycles. The van der Waals surface area contributed by atoms with Crippen LogP contribution in [0.15, 0.2) is 44.5 Å². The number of aromatic amines is 1. The van der Waals surface area contributed by atoms with E-state index in [0.29, 0.717) is 17.5 Å². The number of H-pyrrole nitrogens is 1. The first-order chi connectivity index (χ1) is 12.2. The third-order valence-electron chi connectivity index (χ3n) is 2.47. The number of primary amides is 2. The number of amides is 2. The summed E-state index contributed by atoms with van der Waals surface area (Å²) in [6, 6.07) is 2.63. The first kappa shape index (κ1) is 21.2. The van der Waals surface area contributed by atoms with E-state index in [1.807, 2.05) is 6.07 Å². The number of urea groups is 1. The van der Waals surface area contributed by atoms with Gasteiger partial charge in [-0.05, 0) is 44.0 Å². The molecular formula is C14H13Br2N7O3. The second-order valence-corrected chi connectivity index (χ2v) is 6.26. The number of hydrogen-bond donors (Lipinski definition) is 4. The number of rotatable bonds is 1. The van der Waals surface area contributed by atoms with Gasteiger partial charge in [-0.25, -0.2) is 24.5 Å². The Balaban J connectivity index is 0.000000220. The summed E-state index contributed by atoms with van der Waals surface area (Å²) in [7, 11) is 0. The first-order valence-corrected chi connectivity index (χ1v) is 8.23. The van der Waals surface area contributed by atoms with Gasteiger partial charge in [0.2, 0.25) is 0 Å². The number of pyridine rings is 2. The summed E-state index contributed by atoms with van der Waals surface area (Å²) in [5.74, 6) is 0.262. The molecule has 2 amide bonds. The van der Waals surface area contributed by atoms with Gasteiger partial charge in [-0.3, -0.25) is 9.78 Å². The quantitative estimate of drug-likeness (QED) is 0.373. The number of anilines is 1. The van der Waals surface area contributed by atoms with Crippen molar-refractivity contribution in [1.29, 1.82) is 0 Å². The lowest BCUT2D eigenvalue weighted by molar-refractivity contribution is 0.112. The van der Waals surface area contributed by atoms with E-state index in [2.05, 4.69) is 63.3 Å². The third-order valence-corrected chi connectivity index (χ3v) is 3.34. The number of carbonyl (C=O) groups is 2. The molecular weight excluding hydrogens is 474 g/mol. The molecule has 0 unspecified atom stereocenters. The fourth-order valence-electron chi connectivity index (χ4n) is 1.48. The molecule has 26 heavy (non-hydrogen) atoms. The van der Waals surface area contributed by atoms with E-state index >= 15 is 0 Å². The van der Waals surface area contributed by atoms with Crippen LogP contribution in [-0.4, -0.2) is 32.3 Å². The van der Waals surface area contributed by atoms with Gasteiger partial charge < -0.3 is 17.2 Å². The van der Waals surface area contributed by atoms with Crippen LogP contribution < -0.4 is 22.9 Å². The van der Waals surface area contributed by atoms with Crippen molar-refractivity contribution in [1.82, 2.24) is 19.9 Å². The van der Waals surface area contributed by atoms with Gasteiger partial charge in [0.1, 0.15) is 11.5 Å². The molecule has 3 aromatic rings. The fraction of sp³-hybridized carbons (Fsp3) is 0. The summed E-state index contributed by atoms with van der Waals surface area (Å²) in [6.45, 7) is 0. The van der Waals surface area contributed by atoms with Crippen LogP contribution in [0.3, 0.4) is 0 Å². The highest BCUT2D eigenvalue weighted by molar-refractivity contribution is 9.10. The standard InChI is InChI=1S/C7H4BrN3O.C6H5BrN2O.CH4N2O/c8-5-1-4-2-10-7(12)11-6(4)9-3-5;7-5-1-4(3-10)6(8)9-2-5;2-1(3)4/h1-3H,(H,9,10,11,12);1-3H,(H2,8,9);(H4,2,3,4).